The van der Waals surface area contributed by atoms with Crippen molar-refractivity contribution >= 4 is 0 Å². The van der Waals surface area contributed by atoms with Crippen LogP contribution in [0.5, 0.6) is 0 Å². The molecule has 0 aromatic heterocycles. The first kappa shape index (κ1) is 12.3. The van der Waals surface area contributed by atoms with E-state index in [-0.39, 0.29) is 51.4 Å². The third-order valence-electron chi connectivity index (χ3n) is 0.737. The van der Waals surface area contributed by atoms with Gasteiger partial charge in [-0.05, 0) is 20.3 Å². The van der Waals surface area contributed by atoms with Crippen LogP contribution in [0.25, 0.3) is 5.73 Å². The first-order valence-corrected chi connectivity index (χ1v) is 2.43. The van der Waals surface area contributed by atoms with Crippen molar-refractivity contribution in [3.8, 4) is 0 Å². The Morgan fingerprint density at radius 3 is 1.88 bits per heavy atom. The molecule has 0 heterocycles. The van der Waals surface area contributed by atoms with Crippen LogP contribution >= 0.6 is 0 Å². The van der Waals surface area contributed by atoms with E-state index in [0.717, 1.165) is 0 Å². The molecule has 0 bridgehead atoms. The van der Waals surface area contributed by atoms with Gasteiger partial charge in [-0.2, -0.15) is 0 Å². The van der Waals surface area contributed by atoms with Gasteiger partial charge in [0, 0.05) is 0 Å². The number of aliphatic hydroxyl groups is 1. The molecule has 0 aromatic rings. The second-order valence-corrected chi connectivity index (χ2v) is 2.31. The second kappa shape index (κ2) is 5.35. The third-order valence-corrected chi connectivity index (χ3v) is 0.737. The number of hydrogen-bond donors (Lipinski definition) is 1. The summed E-state index contributed by atoms with van der Waals surface area (Å²) in [4.78, 5) is 0. The summed E-state index contributed by atoms with van der Waals surface area (Å²) in [6.45, 7) is 3.73. The van der Waals surface area contributed by atoms with Gasteiger partial charge in [0.05, 0.1) is 5.60 Å². The van der Waals surface area contributed by atoms with Crippen LogP contribution < -0.4 is 51.4 Å². The molecule has 0 aliphatic heterocycles. The van der Waals surface area contributed by atoms with Crippen molar-refractivity contribution in [2.75, 3.05) is 6.54 Å². The fraction of sp³-hybridized carbons (Fsp3) is 1.00. The van der Waals surface area contributed by atoms with Gasteiger partial charge in [0.2, 0.25) is 0 Å². The average molecular weight is 141 g/mol. The summed E-state index contributed by atoms with van der Waals surface area (Å²) in [6, 6.07) is 0. The van der Waals surface area contributed by atoms with Gasteiger partial charge in [0.1, 0.15) is 0 Å². The Kier molecular flexibility index (Phi) is 8.19. The van der Waals surface area contributed by atoms with Gasteiger partial charge in [-0.15, -0.1) is 6.54 Å². The Labute approximate surface area is 93.3 Å². The van der Waals surface area contributed by atoms with E-state index in [1.54, 1.807) is 13.8 Å². The fourth-order valence-corrected chi connectivity index (χ4v) is 0.306. The molecule has 0 saturated carbocycles. The Hall–Kier alpha value is 1.56. The van der Waals surface area contributed by atoms with Crippen LogP contribution in [0.15, 0.2) is 0 Å². The molecular weight excluding hydrogens is 129 g/mol. The van der Waals surface area contributed by atoms with Crippen LogP contribution in [0.1, 0.15) is 20.3 Å². The van der Waals surface area contributed by atoms with Gasteiger partial charge < -0.3 is 10.8 Å². The monoisotopic (exact) mass is 141 g/mol. The molecular formula is C5H12KNO. The quantitative estimate of drug-likeness (QED) is 0.453. The molecule has 44 valence electrons. The van der Waals surface area contributed by atoms with Crippen LogP contribution in [0.3, 0.4) is 0 Å². The van der Waals surface area contributed by atoms with Gasteiger partial charge in [-0.25, -0.2) is 0 Å². The van der Waals surface area contributed by atoms with Crippen molar-refractivity contribution in [1.82, 2.24) is 0 Å². The van der Waals surface area contributed by atoms with Gasteiger partial charge in [0.25, 0.3) is 0 Å². The molecule has 0 atom stereocenters. The predicted octanol–water partition coefficient (Wildman–Crippen LogP) is -1.80. The first-order valence-electron chi connectivity index (χ1n) is 2.43. The van der Waals surface area contributed by atoms with Crippen LogP contribution in [0.2, 0.25) is 0 Å². The molecule has 0 radical (unpaired) electrons. The smallest absolute Gasteiger partial charge is 0.677 e. The van der Waals surface area contributed by atoms with Gasteiger partial charge in [-0.1, -0.05) is 0 Å². The van der Waals surface area contributed by atoms with E-state index in [1.807, 2.05) is 0 Å². The van der Waals surface area contributed by atoms with E-state index in [4.69, 9.17) is 10.8 Å². The Bertz CT molecular complexity index is 50.9. The summed E-state index contributed by atoms with van der Waals surface area (Å²) >= 11 is 0. The SMILES string of the molecule is CC(C)(O)CC[NH-].[K+]. The number of nitrogens with one attached hydrogen (secondary N) is 1. The first-order chi connectivity index (χ1) is 3.06. The summed E-state index contributed by atoms with van der Waals surface area (Å²) in [5, 5.41) is 8.90. The zero-order valence-corrected chi connectivity index (χ0v) is 8.98. The summed E-state index contributed by atoms with van der Waals surface area (Å²) in [6.07, 6.45) is 0.562. The van der Waals surface area contributed by atoms with Crippen molar-refractivity contribution in [3.63, 3.8) is 0 Å². The standard InChI is InChI=1S/C5H12NO.K/c1-5(2,7)3-4-6;/h6-7H,3-4H2,1-2H3;/q-1;+1. The van der Waals surface area contributed by atoms with Crippen LogP contribution in [0.4, 0.5) is 0 Å². The zero-order chi connectivity index (χ0) is 5.91. The topological polar surface area (TPSA) is 44.0 Å². The summed E-state index contributed by atoms with van der Waals surface area (Å²) in [5.41, 5.74) is 6.06. The van der Waals surface area contributed by atoms with Gasteiger partial charge in [0.15, 0.2) is 0 Å². The predicted molar refractivity (Wildman–Crippen MR) is 30.1 cm³/mol. The maximum atomic E-state index is 8.90. The van der Waals surface area contributed by atoms with Gasteiger partial charge >= 0.3 is 51.4 Å². The van der Waals surface area contributed by atoms with Crippen molar-refractivity contribution in [1.29, 1.82) is 0 Å². The molecule has 0 aromatic carbocycles. The van der Waals surface area contributed by atoms with Crippen LogP contribution in [-0.2, 0) is 0 Å². The normalized spacial score (nSPS) is 10.5. The molecule has 0 amide bonds. The Morgan fingerprint density at radius 2 is 1.88 bits per heavy atom. The van der Waals surface area contributed by atoms with E-state index in [0.29, 0.717) is 13.0 Å². The Morgan fingerprint density at radius 1 is 1.50 bits per heavy atom. The molecule has 0 spiro atoms. The molecule has 2 nitrogen and oxygen atoms in total. The molecule has 0 unspecified atom stereocenters. The van der Waals surface area contributed by atoms with Crippen molar-refractivity contribution in [3.05, 3.63) is 5.73 Å². The van der Waals surface area contributed by atoms with Crippen LogP contribution in [0, 0.1) is 0 Å². The molecule has 0 aliphatic carbocycles. The van der Waals surface area contributed by atoms with Crippen LogP contribution in [-0.4, -0.2) is 17.3 Å². The number of hydrogen-bond acceptors (Lipinski definition) is 1. The van der Waals surface area contributed by atoms with Crippen molar-refractivity contribution in [2.45, 2.75) is 25.9 Å². The van der Waals surface area contributed by atoms with E-state index < -0.39 is 5.60 Å². The molecule has 0 aliphatic rings. The molecule has 8 heavy (non-hydrogen) atoms. The molecule has 3 heteroatoms. The minimum Gasteiger partial charge on any atom is -0.677 e. The summed E-state index contributed by atoms with van der Waals surface area (Å²) < 4.78 is 0. The van der Waals surface area contributed by atoms with E-state index >= 15 is 0 Å². The fourth-order valence-electron chi connectivity index (χ4n) is 0.306. The molecule has 0 saturated heterocycles. The Balaban J connectivity index is 0. The number of rotatable bonds is 2. The van der Waals surface area contributed by atoms with E-state index in [2.05, 4.69) is 0 Å². The van der Waals surface area contributed by atoms with Crippen molar-refractivity contribution < 1.29 is 56.5 Å². The maximum Gasteiger partial charge on any atom is 1.00 e. The maximum absolute atomic E-state index is 8.90. The van der Waals surface area contributed by atoms with Crippen molar-refractivity contribution in [2.24, 2.45) is 0 Å². The minimum absolute atomic E-state index is 0. The summed E-state index contributed by atoms with van der Waals surface area (Å²) in [7, 11) is 0. The average Bonchev–Trinajstić information content (AvgIpc) is 1.30. The minimum atomic E-state index is -0.637. The third kappa shape index (κ3) is 10.5. The summed E-state index contributed by atoms with van der Waals surface area (Å²) in [5.74, 6) is 0. The second-order valence-electron chi connectivity index (χ2n) is 2.31. The largest absolute Gasteiger partial charge is 1.00 e. The van der Waals surface area contributed by atoms with Gasteiger partial charge in [-0.3, -0.25) is 0 Å². The van der Waals surface area contributed by atoms with E-state index in [9.17, 15) is 0 Å². The molecule has 0 fully saturated rings. The van der Waals surface area contributed by atoms with E-state index in [1.165, 1.54) is 0 Å². The zero-order valence-electron chi connectivity index (χ0n) is 5.86. The molecule has 0 rings (SSSR count). The molecule has 2 N–H and O–H groups in total.